The summed E-state index contributed by atoms with van der Waals surface area (Å²) in [6.07, 6.45) is 0. The molecule has 2 aromatic carbocycles. The number of rotatable bonds is 3. The first kappa shape index (κ1) is 15.7. The van der Waals surface area contributed by atoms with Gasteiger partial charge < -0.3 is 14.9 Å². The number of anilines is 2. The van der Waals surface area contributed by atoms with Crippen molar-refractivity contribution in [3.8, 4) is 0 Å². The third-order valence-corrected chi connectivity index (χ3v) is 4.54. The molecule has 1 N–H and O–H groups in total. The molecule has 1 heterocycles. The lowest BCUT2D eigenvalue weighted by Crippen LogP contribution is -2.46. The fourth-order valence-corrected chi connectivity index (χ4v) is 3.11. The Kier molecular flexibility index (Phi) is 4.44. The largest absolute Gasteiger partial charge is 0.478 e. The zero-order chi connectivity index (χ0) is 16.4. The van der Waals surface area contributed by atoms with E-state index in [-0.39, 0.29) is 10.6 Å². The number of aromatic carboxylic acids is 1. The molecule has 0 radical (unpaired) electrons. The normalized spacial score (nSPS) is 14.9. The Morgan fingerprint density at radius 1 is 0.957 bits per heavy atom. The molecule has 0 amide bonds. The van der Waals surface area contributed by atoms with Crippen LogP contribution < -0.4 is 9.80 Å². The zero-order valence-corrected chi connectivity index (χ0v) is 13.8. The van der Waals surface area contributed by atoms with E-state index in [2.05, 4.69) is 41.0 Å². The van der Waals surface area contributed by atoms with Crippen LogP contribution in [0.25, 0.3) is 0 Å². The Hall–Kier alpha value is -2.20. The molecular weight excluding hydrogens is 312 g/mol. The van der Waals surface area contributed by atoms with Crippen LogP contribution in [0.5, 0.6) is 0 Å². The average molecular weight is 331 g/mol. The summed E-state index contributed by atoms with van der Waals surface area (Å²) in [5.41, 5.74) is 3.63. The Morgan fingerprint density at radius 3 is 2.00 bits per heavy atom. The molecule has 2 aromatic rings. The summed E-state index contributed by atoms with van der Waals surface area (Å²) in [4.78, 5) is 15.6. The molecule has 0 aromatic heterocycles. The van der Waals surface area contributed by atoms with Gasteiger partial charge in [-0.25, -0.2) is 4.79 Å². The number of halogens is 1. The van der Waals surface area contributed by atoms with Crippen LogP contribution in [0.2, 0.25) is 5.02 Å². The summed E-state index contributed by atoms with van der Waals surface area (Å²) >= 11 is 6.07. The van der Waals surface area contributed by atoms with Gasteiger partial charge in [-0.3, -0.25) is 0 Å². The lowest BCUT2D eigenvalue weighted by molar-refractivity contribution is 0.0697. The van der Waals surface area contributed by atoms with Gasteiger partial charge in [-0.1, -0.05) is 29.3 Å². The molecule has 1 aliphatic rings. The SMILES string of the molecule is Cc1ccc(N2CCN(c3ccc(C(=O)O)c(Cl)c3)CC2)cc1. The van der Waals surface area contributed by atoms with Gasteiger partial charge in [0.25, 0.3) is 0 Å². The molecule has 1 aliphatic heterocycles. The number of carboxylic acids is 1. The van der Waals surface area contributed by atoms with Crippen molar-refractivity contribution in [1.82, 2.24) is 0 Å². The smallest absolute Gasteiger partial charge is 0.337 e. The van der Waals surface area contributed by atoms with Gasteiger partial charge in [0.2, 0.25) is 0 Å². The van der Waals surface area contributed by atoms with Gasteiger partial charge in [-0.05, 0) is 37.3 Å². The van der Waals surface area contributed by atoms with E-state index in [1.54, 1.807) is 12.1 Å². The summed E-state index contributed by atoms with van der Waals surface area (Å²) in [6.45, 7) is 5.72. The maximum atomic E-state index is 11.0. The van der Waals surface area contributed by atoms with Crippen LogP contribution in [-0.2, 0) is 0 Å². The molecule has 120 valence electrons. The number of piperazine rings is 1. The van der Waals surface area contributed by atoms with Crippen molar-refractivity contribution >= 4 is 28.9 Å². The summed E-state index contributed by atoms with van der Waals surface area (Å²) < 4.78 is 0. The highest BCUT2D eigenvalue weighted by Crippen LogP contribution is 2.26. The van der Waals surface area contributed by atoms with Crippen LogP contribution in [0.4, 0.5) is 11.4 Å². The number of aryl methyl sites for hydroxylation is 1. The van der Waals surface area contributed by atoms with Crippen LogP contribution in [0.15, 0.2) is 42.5 Å². The number of nitrogens with zero attached hydrogens (tertiary/aromatic N) is 2. The number of benzene rings is 2. The van der Waals surface area contributed by atoms with Gasteiger partial charge in [-0.15, -0.1) is 0 Å². The predicted molar refractivity (Wildman–Crippen MR) is 94.0 cm³/mol. The average Bonchev–Trinajstić information content (AvgIpc) is 2.55. The van der Waals surface area contributed by atoms with E-state index >= 15 is 0 Å². The van der Waals surface area contributed by atoms with Crippen LogP contribution in [0, 0.1) is 6.92 Å². The first-order valence-electron chi connectivity index (χ1n) is 7.64. The van der Waals surface area contributed by atoms with Crippen molar-refractivity contribution in [2.75, 3.05) is 36.0 Å². The minimum atomic E-state index is -0.995. The van der Waals surface area contributed by atoms with E-state index in [4.69, 9.17) is 16.7 Å². The molecule has 1 saturated heterocycles. The molecule has 1 fully saturated rings. The summed E-state index contributed by atoms with van der Waals surface area (Å²) in [6, 6.07) is 13.7. The van der Waals surface area contributed by atoms with Gasteiger partial charge >= 0.3 is 5.97 Å². The highest BCUT2D eigenvalue weighted by molar-refractivity contribution is 6.33. The quantitative estimate of drug-likeness (QED) is 0.932. The second-order valence-corrected chi connectivity index (χ2v) is 6.19. The number of hydrogen-bond acceptors (Lipinski definition) is 3. The fraction of sp³-hybridized carbons (Fsp3) is 0.278. The van der Waals surface area contributed by atoms with Crippen molar-refractivity contribution in [1.29, 1.82) is 0 Å². The van der Waals surface area contributed by atoms with E-state index in [9.17, 15) is 4.79 Å². The number of hydrogen-bond donors (Lipinski definition) is 1. The molecule has 5 heteroatoms. The molecule has 0 bridgehead atoms. The monoisotopic (exact) mass is 330 g/mol. The lowest BCUT2D eigenvalue weighted by atomic mass is 10.1. The lowest BCUT2D eigenvalue weighted by Gasteiger charge is -2.37. The molecule has 0 unspecified atom stereocenters. The first-order valence-corrected chi connectivity index (χ1v) is 8.02. The van der Waals surface area contributed by atoms with Crippen molar-refractivity contribution in [3.63, 3.8) is 0 Å². The Balaban J connectivity index is 1.68. The molecule has 23 heavy (non-hydrogen) atoms. The van der Waals surface area contributed by atoms with Crippen molar-refractivity contribution in [2.24, 2.45) is 0 Å². The number of carboxylic acid groups (broad SMARTS) is 1. The topological polar surface area (TPSA) is 43.8 Å². The van der Waals surface area contributed by atoms with Crippen LogP contribution >= 0.6 is 11.6 Å². The second-order valence-electron chi connectivity index (χ2n) is 5.78. The van der Waals surface area contributed by atoms with Crippen molar-refractivity contribution in [2.45, 2.75) is 6.92 Å². The van der Waals surface area contributed by atoms with Crippen LogP contribution in [0.3, 0.4) is 0 Å². The van der Waals surface area contributed by atoms with E-state index < -0.39 is 5.97 Å². The van der Waals surface area contributed by atoms with E-state index in [1.807, 2.05) is 6.07 Å². The number of carbonyl (C=O) groups is 1. The van der Waals surface area contributed by atoms with Gasteiger partial charge in [0, 0.05) is 37.6 Å². The second kappa shape index (κ2) is 6.50. The maximum absolute atomic E-state index is 11.0. The van der Waals surface area contributed by atoms with E-state index in [1.165, 1.54) is 11.3 Å². The van der Waals surface area contributed by atoms with Crippen molar-refractivity contribution < 1.29 is 9.90 Å². The Morgan fingerprint density at radius 2 is 1.48 bits per heavy atom. The minimum absolute atomic E-state index is 0.147. The molecule has 4 nitrogen and oxygen atoms in total. The van der Waals surface area contributed by atoms with Crippen LogP contribution in [0.1, 0.15) is 15.9 Å². The van der Waals surface area contributed by atoms with Gasteiger partial charge in [0.1, 0.15) is 0 Å². The van der Waals surface area contributed by atoms with E-state index in [0.29, 0.717) is 0 Å². The molecule has 0 atom stereocenters. The van der Waals surface area contributed by atoms with Crippen molar-refractivity contribution in [3.05, 3.63) is 58.6 Å². The highest BCUT2D eigenvalue weighted by atomic mass is 35.5. The molecule has 3 rings (SSSR count). The van der Waals surface area contributed by atoms with Gasteiger partial charge in [0.15, 0.2) is 0 Å². The van der Waals surface area contributed by atoms with Gasteiger partial charge in [-0.2, -0.15) is 0 Å². The fourth-order valence-electron chi connectivity index (χ4n) is 2.85. The summed E-state index contributed by atoms with van der Waals surface area (Å²) in [5.74, 6) is -0.995. The highest BCUT2D eigenvalue weighted by Gasteiger charge is 2.19. The third kappa shape index (κ3) is 3.42. The van der Waals surface area contributed by atoms with Gasteiger partial charge in [0.05, 0.1) is 10.6 Å². The molecule has 0 saturated carbocycles. The Bertz CT molecular complexity index is 707. The minimum Gasteiger partial charge on any atom is -0.478 e. The third-order valence-electron chi connectivity index (χ3n) is 4.23. The summed E-state index contributed by atoms with van der Waals surface area (Å²) in [5, 5.41) is 9.33. The zero-order valence-electron chi connectivity index (χ0n) is 13.0. The Labute approximate surface area is 140 Å². The predicted octanol–water partition coefficient (Wildman–Crippen LogP) is 3.67. The summed E-state index contributed by atoms with van der Waals surface area (Å²) in [7, 11) is 0. The van der Waals surface area contributed by atoms with E-state index in [0.717, 1.165) is 31.9 Å². The first-order chi connectivity index (χ1) is 11.0. The maximum Gasteiger partial charge on any atom is 0.337 e. The van der Waals surface area contributed by atoms with Crippen LogP contribution in [-0.4, -0.2) is 37.3 Å². The molecular formula is C18H19ClN2O2. The molecule has 0 spiro atoms. The standard InChI is InChI=1S/C18H19ClN2O2/c1-13-2-4-14(5-3-13)20-8-10-21(11-9-20)15-6-7-16(18(22)23)17(19)12-15/h2-7,12H,8-11H2,1H3,(H,22,23). The molecule has 0 aliphatic carbocycles.